The van der Waals surface area contributed by atoms with Crippen LogP contribution in [0.1, 0.15) is 13.3 Å². The lowest BCUT2D eigenvalue weighted by Gasteiger charge is -2.13. The summed E-state index contributed by atoms with van der Waals surface area (Å²) in [5.74, 6) is -0.511. The van der Waals surface area contributed by atoms with Gasteiger partial charge in [-0.3, -0.25) is 0 Å². The summed E-state index contributed by atoms with van der Waals surface area (Å²) in [7, 11) is 0. The van der Waals surface area contributed by atoms with Crippen molar-refractivity contribution in [3.8, 4) is 5.75 Å². The van der Waals surface area contributed by atoms with Gasteiger partial charge in [0.15, 0.2) is 6.10 Å². The van der Waals surface area contributed by atoms with E-state index in [9.17, 15) is 4.79 Å². The van der Waals surface area contributed by atoms with Crippen LogP contribution in [-0.4, -0.2) is 17.2 Å². The van der Waals surface area contributed by atoms with Crippen LogP contribution in [0.3, 0.4) is 0 Å². The standard InChI is InChI=1S/C17H14O4S/c1-2-13(17(18)19)20-10-7-8-15-12(9-10)16(22)11-5-3-4-6-14(11)21-15/h3-9,13H,2H2,1H3,(H,18,19). The average molecular weight is 314 g/mol. The SMILES string of the molecule is CCC(Oc1ccc2oc3ccccc3c(=S)c2c1)C(=O)O. The Labute approximate surface area is 131 Å². The molecule has 0 saturated carbocycles. The Bertz CT molecular complexity index is 913. The second-order valence-electron chi connectivity index (χ2n) is 4.94. The molecule has 112 valence electrons. The van der Waals surface area contributed by atoms with Crippen molar-refractivity contribution in [3.05, 3.63) is 47.0 Å². The van der Waals surface area contributed by atoms with E-state index in [1.807, 2.05) is 24.3 Å². The highest BCUT2D eigenvalue weighted by atomic mass is 32.1. The van der Waals surface area contributed by atoms with Crippen molar-refractivity contribution in [3.63, 3.8) is 0 Å². The second kappa shape index (κ2) is 5.77. The number of fused-ring (bicyclic) bond motifs is 2. The van der Waals surface area contributed by atoms with E-state index in [-0.39, 0.29) is 0 Å². The van der Waals surface area contributed by atoms with Gasteiger partial charge in [-0.05, 0) is 36.8 Å². The first-order valence-corrected chi connectivity index (χ1v) is 7.36. The highest BCUT2D eigenvalue weighted by Crippen LogP contribution is 2.28. The molecule has 5 heteroatoms. The fourth-order valence-corrected chi connectivity index (χ4v) is 2.66. The van der Waals surface area contributed by atoms with Gasteiger partial charge in [-0.25, -0.2) is 4.79 Å². The summed E-state index contributed by atoms with van der Waals surface area (Å²) in [5.41, 5.74) is 1.38. The zero-order valence-electron chi connectivity index (χ0n) is 11.9. The number of hydrogen-bond acceptors (Lipinski definition) is 4. The summed E-state index contributed by atoms with van der Waals surface area (Å²) in [6.07, 6.45) is -0.487. The van der Waals surface area contributed by atoms with Crippen molar-refractivity contribution < 1.29 is 19.1 Å². The third-order valence-electron chi connectivity index (χ3n) is 3.47. The molecule has 4 nitrogen and oxygen atoms in total. The summed E-state index contributed by atoms with van der Waals surface area (Å²) < 4.78 is 12.0. The van der Waals surface area contributed by atoms with Crippen LogP contribution in [-0.2, 0) is 4.79 Å². The van der Waals surface area contributed by atoms with E-state index in [2.05, 4.69) is 0 Å². The normalized spacial score (nSPS) is 12.4. The molecular formula is C17H14O4S. The average Bonchev–Trinajstić information content (AvgIpc) is 2.53. The second-order valence-corrected chi connectivity index (χ2v) is 5.35. The van der Waals surface area contributed by atoms with Crippen molar-refractivity contribution in [1.29, 1.82) is 0 Å². The molecule has 3 aromatic rings. The van der Waals surface area contributed by atoms with Gasteiger partial charge in [0.1, 0.15) is 16.9 Å². The Morgan fingerprint density at radius 1 is 1.23 bits per heavy atom. The number of aliphatic carboxylic acids is 1. The summed E-state index contributed by atoms with van der Waals surface area (Å²) >= 11 is 5.52. The number of carbonyl (C=O) groups is 1. The van der Waals surface area contributed by atoms with E-state index in [1.165, 1.54) is 0 Å². The molecule has 1 unspecified atom stereocenters. The summed E-state index contributed by atoms with van der Waals surface area (Å²) in [6, 6.07) is 12.7. The molecule has 0 aliphatic carbocycles. The maximum atomic E-state index is 11.1. The first kappa shape index (κ1) is 14.5. The lowest BCUT2D eigenvalue weighted by Crippen LogP contribution is -2.25. The van der Waals surface area contributed by atoms with Gasteiger partial charge < -0.3 is 14.3 Å². The van der Waals surface area contributed by atoms with Gasteiger partial charge in [-0.15, -0.1) is 0 Å². The molecule has 0 amide bonds. The molecule has 0 aliphatic rings. The third kappa shape index (κ3) is 2.55. The molecule has 0 spiro atoms. The lowest BCUT2D eigenvalue weighted by molar-refractivity contribution is -0.145. The minimum atomic E-state index is -0.982. The van der Waals surface area contributed by atoms with Gasteiger partial charge in [-0.1, -0.05) is 31.3 Å². The summed E-state index contributed by atoms with van der Waals surface area (Å²) in [5, 5.41) is 10.7. The van der Waals surface area contributed by atoms with E-state index in [4.69, 9.17) is 26.5 Å². The summed E-state index contributed by atoms with van der Waals surface area (Å²) in [6.45, 7) is 1.77. The predicted molar refractivity (Wildman–Crippen MR) is 86.9 cm³/mol. The van der Waals surface area contributed by atoms with Crippen LogP contribution in [0.4, 0.5) is 0 Å². The Balaban J connectivity index is 2.13. The Kier molecular flexibility index (Phi) is 3.81. The number of ether oxygens (including phenoxy) is 1. The lowest BCUT2D eigenvalue weighted by atomic mass is 10.1. The van der Waals surface area contributed by atoms with Gasteiger partial charge in [0.05, 0.1) is 4.51 Å². The molecule has 0 saturated heterocycles. The van der Waals surface area contributed by atoms with Crippen molar-refractivity contribution in [2.45, 2.75) is 19.4 Å². The number of benzene rings is 2. The van der Waals surface area contributed by atoms with E-state index < -0.39 is 12.1 Å². The Hall–Kier alpha value is -2.40. The zero-order chi connectivity index (χ0) is 15.7. The quantitative estimate of drug-likeness (QED) is 0.565. The molecular weight excluding hydrogens is 300 g/mol. The number of hydrogen-bond donors (Lipinski definition) is 1. The number of carboxylic acids is 1. The van der Waals surface area contributed by atoms with Gasteiger partial charge in [0, 0.05) is 10.8 Å². The molecule has 1 aromatic heterocycles. The monoisotopic (exact) mass is 314 g/mol. The molecule has 1 heterocycles. The molecule has 0 bridgehead atoms. The molecule has 0 radical (unpaired) electrons. The molecule has 1 atom stereocenters. The van der Waals surface area contributed by atoms with Crippen molar-refractivity contribution in [2.24, 2.45) is 0 Å². The number of rotatable bonds is 4. The molecule has 2 aromatic carbocycles. The topological polar surface area (TPSA) is 59.7 Å². The largest absolute Gasteiger partial charge is 0.479 e. The van der Waals surface area contributed by atoms with E-state index >= 15 is 0 Å². The highest BCUT2D eigenvalue weighted by molar-refractivity contribution is 7.72. The molecule has 0 aliphatic heterocycles. The van der Waals surface area contributed by atoms with Gasteiger partial charge >= 0.3 is 5.97 Å². The van der Waals surface area contributed by atoms with E-state index in [0.29, 0.717) is 22.3 Å². The number of para-hydroxylation sites is 1. The Morgan fingerprint density at radius 3 is 2.68 bits per heavy atom. The molecule has 1 N–H and O–H groups in total. The van der Waals surface area contributed by atoms with Crippen molar-refractivity contribution in [1.82, 2.24) is 0 Å². The van der Waals surface area contributed by atoms with Crippen LogP contribution in [0.25, 0.3) is 21.9 Å². The maximum Gasteiger partial charge on any atom is 0.344 e. The van der Waals surface area contributed by atoms with Crippen molar-refractivity contribution >= 4 is 40.1 Å². The number of carboxylic acid groups (broad SMARTS) is 1. The first-order chi connectivity index (χ1) is 10.6. The highest BCUT2D eigenvalue weighted by Gasteiger charge is 2.17. The van der Waals surface area contributed by atoms with Crippen LogP contribution in [0.15, 0.2) is 46.9 Å². The van der Waals surface area contributed by atoms with Crippen LogP contribution >= 0.6 is 12.2 Å². The van der Waals surface area contributed by atoms with E-state index in [1.54, 1.807) is 25.1 Å². The predicted octanol–water partition coefficient (Wildman–Crippen LogP) is 4.56. The zero-order valence-corrected chi connectivity index (χ0v) is 12.7. The molecule has 0 fully saturated rings. The molecule has 22 heavy (non-hydrogen) atoms. The first-order valence-electron chi connectivity index (χ1n) is 6.95. The van der Waals surface area contributed by atoms with Gasteiger partial charge in [0.2, 0.25) is 0 Å². The van der Waals surface area contributed by atoms with Crippen LogP contribution < -0.4 is 4.74 Å². The van der Waals surface area contributed by atoms with Gasteiger partial charge in [-0.2, -0.15) is 0 Å². The summed E-state index contributed by atoms with van der Waals surface area (Å²) in [4.78, 5) is 11.1. The minimum absolute atomic E-state index is 0.385. The van der Waals surface area contributed by atoms with Crippen LogP contribution in [0.5, 0.6) is 5.75 Å². The maximum absolute atomic E-state index is 11.1. The minimum Gasteiger partial charge on any atom is -0.479 e. The van der Waals surface area contributed by atoms with E-state index in [0.717, 1.165) is 16.4 Å². The Morgan fingerprint density at radius 2 is 1.95 bits per heavy atom. The van der Waals surface area contributed by atoms with Crippen LogP contribution in [0.2, 0.25) is 0 Å². The smallest absolute Gasteiger partial charge is 0.344 e. The third-order valence-corrected chi connectivity index (χ3v) is 3.91. The fraction of sp³-hybridized carbons (Fsp3) is 0.176. The van der Waals surface area contributed by atoms with Crippen LogP contribution in [0, 0.1) is 4.51 Å². The van der Waals surface area contributed by atoms with Gasteiger partial charge in [0.25, 0.3) is 0 Å². The fourth-order valence-electron chi connectivity index (χ4n) is 2.33. The molecule has 3 rings (SSSR count). The van der Waals surface area contributed by atoms with Crippen molar-refractivity contribution in [2.75, 3.05) is 0 Å².